The quantitative estimate of drug-likeness (QED) is 0.803. The summed E-state index contributed by atoms with van der Waals surface area (Å²) in [6, 6.07) is 9.73. The number of carbonyl (C=O) groups excluding carboxylic acids is 1. The first-order valence-electron chi connectivity index (χ1n) is 5.63. The second-order valence-corrected chi connectivity index (χ2v) is 4.82. The van der Waals surface area contributed by atoms with Crippen LogP contribution in [0.15, 0.2) is 35.7 Å². The summed E-state index contributed by atoms with van der Waals surface area (Å²) in [6.45, 7) is 0. The summed E-state index contributed by atoms with van der Waals surface area (Å²) in [5, 5.41) is 1.91. The average molecular weight is 271 g/mol. The highest BCUT2D eigenvalue weighted by Gasteiger charge is 2.11. The number of anilines is 1. The molecule has 0 bridgehead atoms. The van der Waals surface area contributed by atoms with Crippen LogP contribution in [0.1, 0.15) is 0 Å². The highest BCUT2D eigenvalue weighted by molar-refractivity contribution is 7.14. The predicted molar refractivity (Wildman–Crippen MR) is 78.6 cm³/mol. The van der Waals surface area contributed by atoms with Gasteiger partial charge in [0, 0.05) is 17.3 Å². The van der Waals surface area contributed by atoms with Gasteiger partial charge in [-0.05, 0) is 41.8 Å². The van der Waals surface area contributed by atoms with Gasteiger partial charge in [0.25, 0.3) is 0 Å². The molecule has 96 valence electrons. The zero-order chi connectivity index (χ0) is 13.8. The number of methoxy groups -OCH3 is 1. The van der Waals surface area contributed by atoms with Crippen molar-refractivity contribution in [2.75, 3.05) is 19.1 Å². The van der Waals surface area contributed by atoms with E-state index in [4.69, 9.17) is 11.2 Å². The van der Waals surface area contributed by atoms with Crippen LogP contribution in [0, 0.1) is 12.3 Å². The maximum atomic E-state index is 11.4. The number of benzene rings is 1. The molecule has 2 rings (SSSR count). The zero-order valence-corrected chi connectivity index (χ0v) is 11.5. The standard InChI is InChI=1S/C15H13NO2S/c1-4-15(17)16(2)12-9-14(19-10-12)11-5-7-13(18-3)8-6-11/h1,5-10H,2-3H3. The van der Waals surface area contributed by atoms with Crippen LogP contribution in [0.3, 0.4) is 0 Å². The Balaban J connectivity index is 2.25. The summed E-state index contributed by atoms with van der Waals surface area (Å²) in [4.78, 5) is 14.0. The first-order valence-corrected chi connectivity index (χ1v) is 6.51. The lowest BCUT2D eigenvalue weighted by Crippen LogP contribution is -2.23. The fraction of sp³-hybridized carbons (Fsp3) is 0.133. The van der Waals surface area contributed by atoms with Gasteiger partial charge in [0.1, 0.15) is 5.75 Å². The van der Waals surface area contributed by atoms with Gasteiger partial charge in [-0.3, -0.25) is 4.79 Å². The Labute approximate surface area is 116 Å². The van der Waals surface area contributed by atoms with Crippen molar-refractivity contribution < 1.29 is 9.53 Å². The number of ether oxygens (including phenoxy) is 1. The van der Waals surface area contributed by atoms with E-state index in [-0.39, 0.29) is 5.91 Å². The second kappa shape index (κ2) is 5.59. The molecule has 0 saturated carbocycles. The molecule has 0 atom stereocenters. The normalized spacial score (nSPS) is 9.74. The summed E-state index contributed by atoms with van der Waals surface area (Å²) < 4.78 is 5.12. The third-order valence-electron chi connectivity index (χ3n) is 2.78. The van der Waals surface area contributed by atoms with E-state index in [0.29, 0.717) is 0 Å². The molecule has 3 nitrogen and oxygen atoms in total. The fourth-order valence-corrected chi connectivity index (χ4v) is 2.56. The highest BCUT2D eigenvalue weighted by atomic mass is 32.1. The molecule has 0 aliphatic rings. The van der Waals surface area contributed by atoms with E-state index in [0.717, 1.165) is 21.9 Å². The van der Waals surface area contributed by atoms with E-state index in [1.807, 2.05) is 35.7 Å². The molecular weight excluding hydrogens is 258 g/mol. The van der Waals surface area contributed by atoms with Gasteiger partial charge in [0.05, 0.1) is 12.8 Å². The number of terminal acetylenes is 1. The molecular formula is C15H13NO2S. The molecule has 4 heteroatoms. The van der Waals surface area contributed by atoms with Gasteiger partial charge < -0.3 is 9.64 Å². The van der Waals surface area contributed by atoms with Crippen molar-refractivity contribution in [1.82, 2.24) is 0 Å². The van der Waals surface area contributed by atoms with Gasteiger partial charge >= 0.3 is 5.91 Å². The Morgan fingerprint density at radius 1 is 1.37 bits per heavy atom. The van der Waals surface area contributed by atoms with Crippen LogP contribution in [-0.4, -0.2) is 20.1 Å². The van der Waals surface area contributed by atoms with Crippen molar-refractivity contribution in [2.45, 2.75) is 0 Å². The van der Waals surface area contributed by atoms with Crippen LogP contribution in [0.2, 0.25) is 0 Å². The van der Waals surface area contributed by atoms with Crippen molar-refractivity contribution in [3.05, 3.63) is 35.7 Å². The minimum Gasteiger partial charge on any atom is -0.497 e. The summed E-state index contributed by atoms with van der Waals surface area (Å²) >= 11 is 1.57. The molecule has 0 N–H and O–H groups in total. The van der Waals surface area contributed by atoms with Gasteiger partial charge in [0.15, 0.2) is 0 Å². The first-order chi connectivity index (χ1) is 9.15. The molecule has 1 aromatic carbocycles. The Bertz CT molecular complexity index is 622. The minimum atomic E-state index is -0.348. The molecule has 0 spiro atoms. The van der Waals surface area contributed by atoms with E-state index in [1.165, 1.54) is 4.90 Å². The monoisotopic (exact) mass is 271 g/mol. The Kier molecular flexibility index (Phi) is 3.88. The van der Waals surface area contributed by atoms with Gasteiger partial charge in [-0.2, -0.15) is 0 Å². The van der Waals surface area contributed by atoms with E-state index >= 15 is 0 Å². The van der Waals surface area contributed by atoms with E-state index in [2.05, 4.69) is 5.92 Å². The largest absolute Gasteiger partial charge is 0.497 e. The lowest BCUT2D eigenvalue weighted by Gasteiger charge is -2.10. The predicted octanol–water partition coefficient (Wildman–Crippen LogP) is 3.02. The topological polar surface area (TPSA) is 29.5 Å². The average Bonchev–Trinajstić information content (AvgIpc) is 2.95. The van der Waals surface area contributed by atoms with Crippen LogP contribution >= 0.6 is 11.3 Å². The number of thiophene rings is 1. The maximum absolute atomic E-state index is 11.4. The molecule has 1 heterocycles. The zero-order valence-electron chi connectivity index (χ0n) is 10.7. The van der Waals surface area contributed by atoms with Crippen molar-refractivity contribution in [3.8, 4) is 28.5 Å². The molecule has 1 aromatic heterocycles. The molecule has 0 radical (unpaired) electrons. The Morgan fingerprint density at radius 2 is 2.05 bits per heavy atom. The number of rotatable bonds is 3. The summed E-state index contributed by atoms with van der Waals surface area (Å²) in [5.41, 5.74) is 1.89. The summed E-state index contributed by atoms with van der Waals surface area (Å²) in [7, 11) is 3.31. The van der Waals surface area contributed by atoms with E-state index < -0.39 is 0 Å². The molecule has 0 aliphatic heterocycles. The molecule has 0 fully saturated rings. The summed E-state index contributed by atoms with van der Waals surface area (Å²) in [5.74, 6) is 2.57. The van der Waals surface area contributed by atoms with E-state index in [9.17, 15) is 4.79 Å². The number of hydrogen-bond donors (Lipinski definition) is 0. The highest BCUT2D eigenvalue weighted by Crippen LogP contribution is 2.32. The van der Waals surface area contributed by atoms with Crippen LogP contribution in [0.5, 0.6) is 5.75 Å². The van der Waals surface area contributed by atoms with Crippen LogP contribution in [0.4, 0.5) is 5.69 Å². The minimum absolute atomic E-state index is 0.348. The van der Waals surface area contributed by atoms with E-state index in [1.54, 1.807) is 25.5 Å². The van der Waals surface area contributed by atoms with Gasteiger partial charge in [-0.15, -0.1) is 17.8 Å². The second-order valence-electron chi connectivity index (χ2n) is 3.91. The van der Waals surface area contributed by atoms with Crippen molar-refractivity contribution in [3.63, 3.8) is 0 Å². The fourth-order valence-electron chi connectivity index (χ4n) is 1.62. The van der Waals surface area contributed by atoms with Crippen molar-refractivity contribution in [2.24, 2.45) is 0 Å². The molecule has 0 aliphatic carbocycles. The Hall–Kier alpha value is -2.25. The lowest BCUT2D eigenvalue weighted by atomic mass is 10.2. The van der Waals surface area contributed by atoms with Gasteiger partial charge in [0.2, 0.25) is 0 Å². The van der Waals surface area contributed by atoms with Crippen LogP contribution < -0.4 is 9.64 Å². The molecule has 1 amide bonds. The maximum Gasteiger partial charge on any atom is 0.302 e. The molecule has 0 unspecified atom stereocenters. The number of nitrogens with zero attached hydrogens (tertiary/aromatic N) is 1. The molecule has 2 aromatic rings. The lowest BCUT2D eigenvalue weighted by molar-refractivity contribution is -0.113. The Morgan fingerprint density at radius 3 is 2.63 bits per heavy atom. The third kappa shape index (κ3) is 2.78. The third-order valence-corrected chi connectivity index (χ3v) is 3.74. The molecule has 19 heavy (non-hydrogen) atoms. The number of amides is 1. The van der Waals surface area contributed by atoms with Crippen molar-refractivity contribution >= 4 is 22.9 Å². The van der Waals surface area contributed by atoms with Gasteiger partial charge in [-0.1, -0.05) is 0 Å². The van der Waals surface area contributed by atoms with Crippen LogP contribution in [0.25, 0.3) is 10.4 Å². The number of carbonyl (C=O) groups is 1. The summed E-state index contributed by atoms with van der Waals surface area (Å²) in [6.07, 6.45) is 5.11. The van der Waals surface area contributed by atoms with Crippen LogP contribution in [-0.2, 0) is 4.79 Å². The first kappa shape index (κ1) is 13.2. The van der Waals surface area contributed by atoms with Crippen molar-refractivity contribution in [1.29, 1.82) is 0 Å². The SMILES string of the molecule is C#CC(=O)N(C)c1csc(-c2ccc(OC)cc2)c1. The smallest absolute Gasteiger partial charge is 0.302 e. The molecule has 0 saturated heterocycles. The van der Waals surface area contributed by atoms with Gasteiger partial charge in [-0.25, -0.2) is 0 Å². The number of hydrogen-bond acceptors (Lipinski definition) is 3.